The highest BCUT2D eigenvalue weighted by Gasteiger charge is 2.09. The van der Waals surface area contributed by atoms with Crippen LogP contribution >= 0.6 is 20.7 Å². The third kappa shape index (κ3) is 4.39. The van der Waals surface area contributed by atoms with Crippen LogP contribution in [0.3, 0.4) is 0 Å². The van der Waals surface area contributed by atoms with Crippen molar-refractivity contribution in [2.75, 3.05) is 0 Å². The summed E-state index contributed by atoms with van der Waals surface area (Å²) in [7, 11) is 0. The summed E-state index contributed by atoms with van der Waals surface area (Å²) in [6.07, 6.45) is 0. The Morgan fingerprint density at radius 2 is 1.70 bits per heavy atom. The maximum Gasteiger partial charge on any atom is 0.0565 e. The maximum absolute atomic E-state index is 4.01. The van der Waals surface area contributed by atoms with Gasteiger partial charge in [0.1, 0.15) is 0 Å². The van der Waals surface area contributed by atoms with Crippen molar-refractivity contribution in [1.82, 2.24) is 5.32 Å². The lowest BCUT2D eigenvalue weighted by Crippen LogP contribution is -2.34. The van der Waals surface area contributed by atoms with Gasteiger partial charge in [0, 0.05) is 6.04 Å². The smallest absolute Gasteiger partial charge is 0.0565 e. The number of alkyl halides is 1. The standard InChI is InChI=1S/C8H18IN/c1-6(2)8(9-5)10-7(3)4/h6-8,10H,5H2,1-4H3. The van der Waals surface area contributed by atoms with Crippen LogP contribution in [0.1, 0.15) is 27.7 Å². The van der Waals surface area contributed by atoms with Gasteiger partial charge in [-0.15, -0.1) is 20.7 Å². The first-order valence-corrected chi connectivity index (χ1v) is 6.48. The molecule has 0 aliphatic carbocycles. The van der Waals surface area contributed by atoms with E-state index in [1.54, 1.807) is 0 Å². The molecule has 0 aromatic rings. The molecule has 62 valence electrons. The van der Waals surface area contributed by atoms with Crippen molar-refractivity contribution in [2.24, 2.45) is 5.92 Å². The van der Waals surface area contributed by atoms with Crippen molar-refractivity contribution in [3.63, 3.8) is 0 Å². The highest BCUT2D eigenvalue weighted by atomic mass is 127. The molecule has 0 saturated carbocycles. The van der Waals surface area contributed by atoms with Crippen LogP contribution in [0.2, 0.25) is 0 Å². The molecule has 1 atom stereocenters. The van der Waals surface area contributed by atoms with Gasteiger partial charge in [-0.2, -0.15) is 0 Å². The van der Waals surface area contributed by atoms with Crippen LogP contribution in [0.15, 0.2) is 0 Å². The van der Waals surface area contributed by atoms with Crippen LogP contribution in [0.25, 0.3) is 0 Å². The SMILES string of the molecule is C=IC(NC(C)C)C(C)C. The average Bonchev–Trinajstić information content (AvgIpc) is 1.81. The van der Waals surface area contributed by atoms with Crippen molar-refractivity contribution in [2.45, 2.75) is 37.8 Å². The third-order valence-electron chi connectivity index (χ3n) is 1.24. The molecule has 0 radical (unpaired) electrons. The second-order valence-electron chi connectivity index (χ2n) is 3.12. The molecule has 0 aromatic heterocycles. The van der Waals surface area contributed by atoms with Crippen LogP contribution in [-0.2, 0) is 0 Å². The molecule has 0 aromatic carbocycles. The lowest BCUT2D eigenvalue weighted by molar-refractivity contribution is 0.487. The molecular weight excluding hydrogens is 237 g/mol. The lowest BCUT2D eigenvalue weighted by atomic mass is 10.2. The van der Waals surface area contributed by atoms with Gasteiger partial charge < -0.3 is 5.32 Å². The summed E-state index contributed by atoms with van der Waals surface area (Å²) in [5, 5.41) is 3.52. The van der Waals surface area contributed by atoms with Crippen molar-refractivity contribution in [3.8, 4) is 0 Å². The van der Waals surface area contributed by atoms with E-state index >= 15 is 0 Å². The van der Waals surface area contributed by atoms with E-state index in [0.717, 1.165) is 5.92 Å². The molecule has 2 heteroatoms. The van der Waals surface area contributed by atoms with Crippen LogP contribution in [0.5, 0.6) is 0 Å². The van der Waals surface area contributed by atoms with Gasteiger partial charge in [-0.3, -0.25) is 0 Å². The monoisotopic (exact) mass is 255 g/mol. The van der Waals surface area contributed by atoms with E-state index in [-0.39, 0.29) is 20.7 Å². The van der Waals surface area contributed by atoms with Gasteiger partial charge in [0.05, 0.1) is 4.05 Å². The number of halogens is 1. The molecular formula is C8H18IN. The van der Waals surface area contributed by atoms with Crippen LogP contribution in [-0.4, -0.2) is 14.6 Å². The van der Waals surface area contributed by atoms with E-state index in [0.29, 0.717) is 10.1 Å². The summed E-state index contributed by atoms with van der Waals surface area (Å²) in [6, 6.07) is 0.605. The van der Waals surface area contributed by atoms with Gasteiger partial charge in [-0.05, 0) is 19.8 Å². The average molecular weight is 255 g/mol. The van der Waals surface area contributed by atoms with Crippen molar-refractivity contribution >= 4 is 25.2 Å². The van der Waals surface area contributed by atoms with Crippen LogP contribution in [0.4, 0.5) is 0 Å². The van der Waals surface area contributed by atoms with Crippen molar-refractivity contribution in [3.05, 3.63) is 0 Å². The highest BCUT2D eigenvalue weighted by Crippen LogP contribution is 2.13. The normalized spacial score (nSPS) is 14.6. The summed E-state index contributed by atoms with van der Waals surface area (Å²) in [6.45, 7) is 8.89. The second-order valence-corrected chi connectivity index (χ2v) is 5.34. The zero-order valence-electron chi connectivity index (χ0n) is 7.32. The van der Waals surface area contributed by atoms with Gasteiger partial charge in [-0.25, -0.2) is 0 Å². The van der Waals surface area contributed by atoms with E-state index < -0.39 is 0 Å². The summed E-state index contributed by atoms with van der Waals surface area (Å²) in [5.41, 5.74) is 0. The molecule has 0 saturated heterocycles. The third-order valence-corrected chi connectivity index (χ3v) is 3.99. The van der Waals surface area contributed by atoms with Crippen LogP contribution in [0, 0.1) is 5.92 Å². The Labute approximate surface area is 74.3 Å². The number of rotatable bonds is 4. The summed E-state index contributed by atoms with van der Waals surface area (Å²) < 4.78 is 4.70. The van der Waals surface area contributed by atoms with E-state index in [1.165, 1.54) is 0 Å². The minimum atomic E-state index is 0.107. The fourth-order valence-electron chi connectivity index (χ4n) is 0.734. The minimum Gasteiger partial charge on any atom is -0.303 e. The first kappa shape index (κ1) is 10.6. The zero-order valence-corrected chi connectivity index (χ0v) is 9.47. The molecule has 0 bridgehead atoms. The molecule has 0 aliphatic heterocycles. The van der Waals surface area contributed by atoms with E-state index in [4.69, 9.17) is 0 Å². The van der Waals surface area contributed by atoms with Crippen molar-refractivity contribution in [1.29, 1.82) is 0 Å². The molecule has 0 spiro atoms. The van der Waals surface area contributed by atoms with Gasteiger partial charge in [0.15, 0.2) is 0 Å². The Bertz CT molecular complexity index is 99.4. The Morgan fingerprint density at radius 1 is 1.20 bits per heavy atom. The minimum absolute atomic E-state index is 0.107. The topological polar surface area (TPSA) is 12.0 Å². The van der Waals surface area contributed by atoms with E-state index in [1.807, 2.05) is 0 Å². The van der Waals surface area contributed by atoms with Crippen molar-refractivity contribution < 1.29 is 0 Å². The van der Waals surface area contributed by atoms with Crippen LogP contribution < -0.4 is 5.32 Å². The zero-order chi connectivity index (χ0) is 8.15. The molecule has 1 nitrogen and oxygen atoms in total. The highest BCUT2D eigenvalue weighted by molar-refractivity contribution is 14.2. The molecule has 0 heterocycles. The fraction of sp³-hybridized carbons (Fsp3) is 0.875. The number of hydrogen-bond donors (Lipinski definition) is 1. The van der Waals surface area contributed by atoms with Gasteiger partial charge in [-0.1, -0.05) is 18.4 Å². The number of hydrogen-bond acceptors (Lipinski definition) is 1. The Balaban J connectivity index is 3.71. The lowest BCUT2D eigenvalue weighted by Gasteiger charge is -2.20. The predicted octanol–water partition coefficient (Wildman–Crippen LogP) is 2.37. The largest absolute Gasteiger partial charge is 0.303 e. The maximum atomic E-state index is 4.01. The molecule has 0 aliphatic rings. The van der Waals surface area contributed by atoms with E-state index in [2.05, 4.69) is 37.5 Å². The van der Waals surface area contributed by atoms with Gasteiger partial charge in [0.25, 0.3) is 0 Å². The summed E-state index contributed by atoms with van der Waals surface area (Å²) in [4.78, 5) is 0. The summed E-state index contributed by atoms with van der Waals surface area (Å²) in [5.74, 6) is 0.743. The first-order valence-electron chi connectivity index (χ1n) is 3.71. The molecule has 1 unspecified atom stereocenters. The van der Waals surface area contributed by atoms with E-state index in [9.17, 15) is 0 Å². The molecule has 0 amide bonds. The Hall–Kier alpha value is 0.560. The molecule has 0 fully saturated rings. The Kier molecular flexibility index (Phi) is 5.54. The second kappa shape index (κ2) is 5.24. The predicted molar refractivity (Wildman–Crippen MR) is 58.0 cm³/mol. The first-order chi connectivity index (χ1) is 4.57. The summed E-state index contributed by atoms with van der Waals surface area (Å²) >= 11 is 0.107. The fourth-order valence-corrected chi connectivity index (χ4v) is 2.72. The number of nitrogens with one attached hydrogen (secondary N) is 1. The van der Waals surface area contributed by atoms with Gasteiger partial charge in [0.2, 0.25) is 0 Å². The molecule has 1 N–H and O–H groups in total. The quantitative estimate of drug-likeness (QED) is 0.462. The molecule has 0 rings (SSSR count). The molecule has 10 heavy (non-hydrogen) atoms. The Morgan fingerprint density at radius 3 is 1.80 bits per heavy atom. The van der Waals surface area contributed by atoms with Gasteiger partial charge >= 0.3 is 0 Å².